The van der Waals surface area contributed by atoms with Gasteiger partial charge in [0.2, 0.25) is 0 Å². The van der Waals surface area contributed by atoms with Gasteiger partial charge in [0.05, 0.1) is 12.5 Å². The fourth-order valence-electron chi connectivity index (χ4n) is 1.42. The van der Waals surface area contributed by atoms with E-state index in [1.165, 1.54) is 0 Å². The lowest BCUT2D eigenvalue weighted by molar-refractivity contribution is 0.0891. The molecule has 0 bridgehead atoms. The number of rotatable bonds is 0. The van der Waals surface area contributed by atoms with Crippen molar-refractivity contribution in [2.75, 3.05) is 0 Å². The Kier molecular flexibility index (Phi) is 1.31. The summed E-state index contributed by atoms with van der Waals surface area (Å²) in [5, 5.41) is 0. The minimum Gasteiger partial charge on any atom is -0.328 e. The van der Waals surface area contributed by atoms with E-state index >= 15 is 0 Å². The lowest BCUT2D eigenvalue weighted by atomic mass is 9.97. The molecule has 0 aliphatic carbocycles. The summed E-state index contributed by atoms with van der Waals surface area (Å²) in [6.45, 7) is 2.90. The molecule has 11 heavy (non-hydrogen) atoms. The molecule has 0 aromatic carbocycles. The third kappa shape index (κ3) is 0.878. The first-order valence-corrected chi connectivity index (χ1v) is 3.83. The van der Waals surface area contributed by atoms with Crippen LogP contribution in [0.4, 0.5) is 0 Å². The second-order valence-corrected chi connectivity index (χ2v) is 3.03. The molecule has 58 valence electrons. The summed E-state index contributed by atoms with van der Waals surface area (Å²) in [6.07, 6.45) is 4.32. The number of aromatic nitrogens is 2. The Labute approximate surface area is 65.1 Å². The second-order valence-electron chi connectivity index (χ2n) is 3.03. The maximum atomic E-state index is 11.4. The van der Waals surface area contributed by atoms with Crippen LogP contribution in [0.15, 0.2) is 12.5 Å². The van der Waals surface area contributed by atoms with Crippen LogP contribution in [0.25, 0.3) is 0 Å². The van der Waals surface area contributed by atoms with E-state index in [1.54, 1.807) is 12.5 Å². The molecule has 2 rings (SSSR count). The standard InChI is InChI=1S/C8H10N2O/c1-6-2-3-10-5-9-4-7(10)8(6)11/h4-6H,2-3H2,1H3/t6-/m1/s1. The van der Waals surface area contributed by atoms with Gasteiger partial charge in [0, 0.05) is 12.5 Å². The monoisotopic (exact) mass is 150 g/mol. The minimum absolute atomic E-state index is 0.180. The van der Waals surface area contributed by atoms with Crippen LogP contribution in [-0.4, -0.2) is 15.3 Å². The SMILES string of the molecule is C[C@@H]1CCn2cncc2C1=O. The third-order valence-corrected chi connectivity index (χ3v) is 2.22. The van der Waals surface area contributed by atoms with Crippen molar-refractivity contribution in [2.45, 2.75) is 19.9 Å². The molecule has 1 aliphatic rings. The van der Waals surface area contributed by atoms with Crippen LogP contribution in [0.2, 0.25) is 0 Å². The van der Waals surface area contributed by atoms with Gasteiger partial charge in [-0.05, 0) is 6.42 Å². The molecule has 0 saturated heterocycles. The number of aryl methyl sites for hydroxylation is 1. The van der Waals surface area contributed by atoms with Crippen molar-refractivity contribution >= 4 is 5.78 Å². The van der Waals surface area contributed by atoms with Gasteiger partial charge in [-0.3, -0.25) is 4.79 Å². The highest BCUT2D eigenvalue weighted by Crippen LogP contribution is 2.18. The van der Waals surface area contributed by atoms with E-state index in [0.717, 1.165) is 18.7 Å². The zero-order chi connectivity index (χ0) is 7.84. The van der Waals surface area contributed by atoms with Crippen molar-refractivity contribution in [3.63, 3.8) is 0 Å². The van der Waals surface area contributed by atoms with Gasteiger partial charge in [0.1, 0.15) is 5.69 Å². The molecule has 3 heteroatoms. The molecule has 1 aliphatic heterocycles. The predicted molar refractivity (Wildman–Crippen MR) is 40.3 cm³/mol. The molecule has 1 atom stereocenters. The first-order chi connectivity index (χ1) is 5.29. The van der Waals surface area contributed by atoms with Gasteiger partial charge in [0.25, 0.3) is 0 Å². The average Bonchev–Trinajstić information content (AvgIpc) is 2.45. The zero-order valence-electron chi connectivity index (χ0n) is 6.45. The molecule has 0 unspecified atom stereocenters. The summed E-state index contributed by atoms with van der Waals surface area (Å²) in [4.78, 5) is 15.3. The summed E-state index contributed by atoms with van der Waals surface area (Å²) < 4.78 is 1.92. The fourth-order valence-corrected chi connectivity index (χ4v) is 1.42. The van der Waals surface area contributed by atoms with E-state index in [1.807, 2.05) is 11.5 Å². The Balaban J connectivity index is 2.46. The van der Waals surface area contributed by atoms with Gasteiger partial charge in [-0.25, -0.2) is 4.98 Å². The molecule has 3 nitrogen and oxygen atoms in total. The highest BCUT2D eigenvalue weighted by molar-refractivity contribution is 5.96. The maximum absolute atomic E-state index is 11.4. The normalized spacial score (nSPS) is 23.4. The van der Waals surface area contributed by atoms with E-state index in [-0.39, 0.29) is 11.7 Å². The summed E-state index contributed by atoms with van der Waals surface area (Å²) in [5.41, 5.74) is 0.767. The Hall–Kier alpha value is -1.12. The van der Waals surface area contributed by atoms with E-state index < -0.39 is 0 Å². The smallest absolute Gasteiger partial charge is 0.183 e. The number of hydrogen-bond donors (Lipinski definition) is 0. The number of carbonyl (C=O) groups is 1. The van der Waals surface area contributed by atoms with Gasteiger partial charge in [0.15, 0.2) is 5.78 Å². The van der Waals surface area contributed by atoms with Crippen LogP contribution in [0.1, 0.15) is 23.8 Å². The summed E-state index contributed by atoms with van der Waals surface area (Å²) >= 11 is 0. The van der Waals surface area contributed by atoms with Gasteiger partial charge in [-0.1, -0.05) is 6.92 Å². The summed E-state index contributed by atoms with van der Waals surface area (Å²) in [7, 11) is 0. The average molecular weight is 150 g/mol. The second kappa shape index (κ2) is 2.19. The zero-order valence-corrected chi connectivity index (χ0v) is 6.45. The lowest BCUT2D eigenvalue weighted by Crippen LogP contribution is -2.23. The highest BCUT2D eigenvalue weighted by atomic mass is 16.1. The van der Waals surface area contributed by atoms with Crippen LogP contribution in [0, 0.1) is 5.92 Å². The number of imidazole rings is 1. The molecule has 1 aromatic rings. The van der Waals surface area contributed by atoms with Crippen LogP contribution >= 0.6 is 0 Å². The van der Waals surface area contributed by atoms with Crippen LogP contribution in [-0.2, 0) is 6.54 Å². The molecular formula is C8H10N2O. The minimum atomic E-state index is 0.180. The van der Waals surface area contributed by atoms with Crippen molar-refractivity contribution in [1.29, 1.82) is 0 Å². The highest BCUT2D eigenvalue weighted by Gasteiger charge is 2.23. The number of hydrogen-bond acceptors (Lipinski definition) is 2. The van der Waals surface area contributed by atoms with Gasteiger partial charge in [-0.15, -0.1) is 0 Å². The Morgan fingerprint density at radius 3 is 3.36 bits per heavy atom. The van der Waals surface area contributed by atoms with Crippen LogP contribution < -0.4 is 0 Å². The van der Waals surface area contributed by atoms with E-state index in [2.05, 4.69) is 4.98 Å². The largest absolute Gasteiger partial charge is 0.328 e. The Morgan fingerprint density at radius 1 is 1.73 bits per heavy atom. The first kappa shape index (κ1) is 6.58. The fraction of sp³-hybridized carbons (Fsp3) is 0.500. The predicted octanol–water partition coefficient (Wildman–Crippen LogP) is 1.11. The van der Waals surface area contributed by atoms with E-state index in [9.17, 15) is 4.79 Å². The number of fused-ring (bicyclic) bond motifs is 1. The molecule has 0 saturated carbocycles. The molecule has 1 aromatic heterocycles. The van der Waals surface area contributed by atoms with Crippen molar-refractivity contribution in [3.8, 4) is 0 Å². The van der Waals surface area contributed by atoms with E-state index in [0.29, 0.717) is 0 Å². The molecule has 2 heterocycles. The topological polar surface area (TPSA) is 34.9 Å². The number of Topliss-reactive ketones (excluding diaryl/α,β-unsaturated/α-hetero) is 1. The van der Waals surface area contributed by atoms with Crippen molar-refractivity contribution in [1.82, 2.24) is 9.55 Å². The molecule has 0 spiro atoms. The number of carbonyl (C=O) groups excluding carboxylic acids is 1. The van der Waals surface area contributed by atoms with E-state index in [4.69, 9.17) is 0 Å². The molecule has 0 amide bonds. The Morgan fingerprint density at radius 2 is 2.55 bits per heavy atom. The Bertz CT molecular complexity index is 290. The maximum Gasteiger partial charge on any atom is 0.183 e. The summed E-state index contributed by atoms with van der Waals surface area (Å²) in [6, 6.07) is 0. The quantitative estimate of drug-likeness (QED) is 0.555. The van der Waals surface area contributed by atoms with Gasteiger partial charge < -0.3 is 4.57 Å². The molecular weight excluding hydrogens is 140 g/mol. The third-order valence-electron chi connectivity index (χ3n) is 2.22. The van der Waals surface area contributed by atoms with Crippen LogP contribution in [0.5, 0.6) is 0 Å². The van der Waals surface area contributed by atoms with Gasteiger partial charge >= 0.3 is 0 Å². The van der Waals surface area contributed by atoms with Gasteiger partial charge in [-0.2, -0.15) is 0 Å². The summed E-state index contributed by atoms with van der Waals surface area (Å²) in [5.74, 6) is 0.410. The lowest BCUT2D eigenvalue weighted by Gasteiger charge is -2.18. The number of ketones is 1. The molecule has 0 fully saturated rings. The first-order valence-electron chi connectivity index (χ1n) is 3.83. The molecule has 0 radical (unpaired) electrons. The van der Waals surface area contributed by atoms with Crippen molar-refractivity contribution in [3.05, 3.63) is 18.2 Å². The van der Waals surface area contributed by atoms with Crippen molar-refractivity contribution < 1.29 is 4.79 Å². The van der Waals surface area contributed by atoms with Crippen LogP contribution in [0.3, 0.4) is 0 Å². The molecule has 0 N–H and O–H groups in total. The van der Waals surface area contributed by atoms with Crippen molar-refractivity contribution in [2.24, 2.45) is 5.92 Å². The number of nitrogens with zero attached hydrogens (tertiary/aromatic N) is 2.